The van der Waals surface area contributed by atoms with Crippen molar-refractivity contribution < 1.29 is 0 Å². The Hall–Kier alpha value is -2.83. The topological polar surface area (TPSA) is 0 Å². The van der Waals surface area contributed by atoms with Crippen LogP contribution in [-0.4, -0.2) is 0 Å². The van der Waals surface area contributed by atoms with E-state index in [4.69, 9.17) is 11.6 Å². The van der Waals surface area contributed by atoms with Gasteiger partial charge in [-0.1, -0.05) is 92.2 Å². The molecule has 28 heavy (non-hydrogen) atoms. The summed E-state index contributed by atoms with van der Waals surface area (Å²) in [5.74, 6) is 0. The molecule has 0 saturated heterocycles. The lowest BCUT2D eigenvalue weighted by molar-refractivity contribution is 0.662. The van der Waals surface area contributed by atoms with Gasteiger partial charge in [0, 0.05) is 10.4 Å². The number of rotatable bonds is 2. The van der Waals surface area contributed by atoms with E-state index >= 15 is 0 Å². The lowest BCUT2D eigenvalue weighted by Gasteiger charge is -2.25. The van der Waals surface area contributed by atoms with Crippen LogP contribution in [0.2, 0.25) is 5.02 Å². The van der Waals surface area contributed by atoms with Crippen molar-refractivity contribution in [3.63, 3.8) is 0 Å². The second-order valence-electron chi connectivity index (χ2n) is 7.99. The van der Waals surface area contributed by atoms with Gasteiger partial charge in [0.1, 0.15) is 0 Å². The summed E-state index contributed by atoms with van der Waals surface area (Å²) >= 11 is 6.38. The molecule has 4 aromatic carbocycles. The molecule has 136 valence electrons. The average Bonchev–Trinajstić information content (AvgIpc) is 2.95. The molecule has 1 aliphatic rings. The van der Waals surface area contributed by atoms with Gasteiger partial charge in [-0.05, 0) is 68.8 Å². The Labute approximate surface area is 171 Å². The third kappa shape index (κ3) is 2.60. The van der Waals surface area contributed by atoms with E-state index in [-0.39, 0.29) is 5.41 Å². The summed E-state index contributed by atoms with van der Waals surface area (Å²) in [7, 11) is 0. The van der Waals surface area contributed by atoms with E-state index in [2.05, 4.69) is 98.8 Å². The zero-order valence-corrected chi connectivity index (χ0v) is 16.8. The summed E-state index contributed by atoms with van der Waals surface area (Å²) in [6.45, 7) is 4.62. The monoisotopic (exact) mass is 380 g/mol. The number of fused-ring (bicyclic) bond motifs is 3. The molecular weight excluding hydrogens is 360 g/mol. The van der Waals surface area contributed by atoms with Gasteiger partial charge in [-0.3, -0.25) is 0 Å². The third-order valence-electron chi connectivity index (χ3n) is 5.90. The van der Waals surface area contributed by atoms with Gasteiger partial charge in [0.05, 0.1) is 0 Å². The molecule has 0 atom stereocenters. The van der Waals surface area contributed by atoms with Crippen LogP contribution in [0.5, 0.6) is 0 Å². The van der Waals surface area contributed by atoms with E-state index in [9.17, 15) is 0 Å². The van der Waals surface area contributed by atoms with Crippen LogP contribution >= 0.6 is 11.6 Å². The quantitative estimate of drug-likeness (QED) is 0.330. The Morgan fingerprint density at radius 2 is 1.18 bits per heavy atom. The summed E-state index contributed by atoms with van der Waals surface area (Å²) in [4.78, 5) is 0. The summed E-state index contributed by atoms with van der Waals surface area (Å²) in [6, 6.07) is 32.3. The molecule has 0 heterocycles. The van der Waals surface area contributed by atoms with Gasteiger partial charge in [-0.2, -0.15) is 0 Å². The zero-order valence-electron chi connectivity index (χ0n) is 16.0. The van der Waals surface area contributed by atoms with Crippen molar-refractivity contribution in [2.45, 2.75) is 19.3 Å². The zero-order chi connectivity index (χ0) is 19.3. The smallest absolute Gasteiger partial charge is 0.0409 e. The Balaban J connectivity index is 1.87. The van der Waals surface area contributed by atoms with E-state index in [1.807, 2.05) is 6.07 Å². The van der Waals surface area contributed by atoms with Gasteiger partial charge in [-0.15, -0.1) is 0 Å². The summed E-state index contributed by atoms with van der Waals surface area (Å²) in [5, 5.41) is 0.796. The highest BCUT2D eigenvalue weighted by Crippen LogP contribution is 2.53. The molecule has 0 fully saturated rings. The highest BCUT2D eigenvalue weighted by Gasteiger charge is 2.38. The van der Waals surface area contributed by atoms with Crippen LogP contribution in [0.4, 0.5) is 0 Å². The van der Waals surface area contributed by atoms with Crippen LogP contribution in [0.25, 0.3) is 33.4 Å². The van der Waals surface area contributed by atoms with Crippen molar-refractivity contribution in [1.29, 1.82) is 0 Å². The lowest BCUT2D eigenvalue weighted by Crippen LogP contribution is -2.16. The Morgan fingerprint density at radius 1 is 0.571 bits per heavy atom. The van der Waals surface area contributed by atoms with Crippen molar-refractivity contribution in [3.05, 3.63) is 107 Å². The molecule has 0 spiro atoms. The first-order valence-electron chi connectivity index (χ1n) is 9.65. The highest BCUT2D eigenvalue weighted by molar-refractivity contribution is 6.30. The van der Waals surface area contributed by atoms with Crippen LogP contribution in [0.3, 0.4) is 0 Å². The largest absolute Gasteiger partial charge is 0.0843 e. The standard InChI is InChI=1S/C27H21Cl/c1-27(2)25-17-21(28)13-14-22(25)24-16-20(18-9-5-3-6-10-18)15-23(26(24)27)19-11-7-4-8-12-19/h3-17H,1-2H3. The molecule has 0 aliphatic heterocycles. The third-order valence-corrected chi connectivity index (χ3v) is 6.14. The summed E-state index contributed by atoms with van der Waals surface area (Å²) in [5.41, 5.74) is 10.2. The number of benzene rings is 4. The van der Waals surface area contributed by atoms with Gasteiger partial charge >= 0.3 is 0 Å². The highest BCUT2D eigenvalue weighted by atomic mass is 35.5. The van der Waals surface area contributed by atoms with E-state index < -0.39 is 0 Å². The maximum Gasteiger partial charge on any atom is 0.0409 e. The van der Waals surface area contributed by atoms with Crippen molar-refractivity contribution in [3.8, 4) is 33.4 Å². The molecule has 0 saturated carbocycles. The maximum absolute atomic E-state index is 6.38. The number of halogens is 1. The van der Waals surface area contributed by atoms with Crippen molar-refractivity contribution >= 4 is 11.6 Å². The van der Waals surface area contributed by atoms with E-state index in [0.717, 1.165) is 5.02 Å². The van der Waals surface area contributed by atoms with E-state index in [1.165, 1.54) is 44.5 Å². The number of hydrogen-bond acceptors (Lipinski definition) is 0. The molecule has 0 nitrogen and oxygen atoms in total. The second-order valence-corrected chi connectivity index (χ2v) is 8.43. The molecule has 1 heteroatoms. The minimum atomic E-state index is -0.101. The minimum Gasteiger partial charge on any atom is -0.0843 e. The molecule has 0 N–H and O–H groups in total. The van der Waals surface area contributed by atoms with Gasteiger partial charge in [0.25, 0.3) is 0 Å². The van der Waals surface area contributed by atoms with Crippen LogP contribution < -0.4 is 0 Å². The van der Waals surface area contributed by atoms with Gasteiger partial charge in [-0.25, -0.2) is 0 Å². The first-order chi connectivity index (χ1) is 13.6. The van der Waals surface area contributed by atoms with Crippen LogP contribution in [0, 0.1) is 0 Å². The second kappa shape index (κ2) is 6.36. The summed E-state index contributed by atoms with van der Waals surface area (Å²) in [6.07, 6.45) is 0. The van der Waals surface area contributed by atoms with Crippen molar-refractivity contribution in [2.75, 3.05) is 0 Å². The molecule has 0 bridgehead atoms. The fourth-order valence-electron chi connectivity index (χ4n) is 4.57. The van der Waals surface area contributed by atoms with Crippen molar-refractivity contribution in [1.82, 2.24) is 0 Å². The van der Waals surface area contributed by atoms with Crippen LogP contribution in [0.15, 0.2) is 91.0 Å². The average molecular weight is 381 g/mol. The van der Waals surface area contributed by atoms with E-state index in [1.54, 1.807) is 0 Å². The molecule has 4 aromatic rings. The fourth-order valence-corrected chi connectivity index (χ4v) is 4.75. The Bertz CT molecular complexity index is 1170. The van der Waals surface area contributed by atoms with Crippen molar-refractivity contribution in [2.24, 2.45) is 0 Å². The maximum atomic E-state index is 6.38. The fraction of sp³-hybridized carbons (Fsp3) is 0.111. The predicted octanol–water partition coefficient (Wildman–Crippen LogP) is 7.98. The molecule has 0 amide bonds. The lowest BCUT2D eigenvalue weighted by atomic mass is 9.78. The first kappa shape index (κ1) is 17.3. The normalized spacial score (nSPS) is 13.8. The Morgan fingerprint density at radius 3 is 1.86 bits per heavy atom. The molecular formula is C27H21Cl. The molecule has 5 rings (SSSR count). The van der Waals surface area contributed by atoms with Gasteiger partial charge < -0.3 is 0 Å². The van der Waals surface area contributed by atoms with Crippen LogP contribution in [0.1, 0.15) is 25.0 Å². The molecule has 0 aromatic heterocycles. The number of hydrogen-bond donors (Lipinski definition) is 0. The van der Waals surface area contributed by atoms with Gasteiger partial charge in [0.15, 0.2) is 0 Å². The minimum absolute atomic E-state index is 0.101. The SMILES string of the molecule is CC1(C)c2cc(Cl)ccc2-c2cc(-c3ccccc3)cc(-c3ccccc3)c21. The van der Waals surface area contributed by atoms with Gasteiger partial charge in [0.2, 0.25) is 0 Å². The summed E-state index contributed by atoms with van der Waals surface area (Å²) < 4.78 is 0. The molecule has 0 unspecified atom stereocenters. The predicted molar refractivity (Wildman–Crippen MR) is 120 cm³/mol. The van der Waals surface area contributed by atoms with Crippen LogP contribution in [-0.2, 0) is 5.41 Å². The van der Waals surface area contributed by atoms with E-state index in [0.29, 0.717) is 0 Å². The molecule has 1 aliphatic carbocycles. The Kier molecular flexibility index (Phi) is 3.92. The molecule has 0 radical (unpaired) electrons. The first-order valence-corrected chi connectivity index (χ1v) is 10.0.